The molecule has 0 radical (unpaired) electrons. The third kappa shape index (κ3) is 4.78. The zero-order valence-corrected chi connectivity index (χ0v) is 12.7. The molecule has 1 aromatic rings. The standard InChI is InChI=1S/C13H22N2O3S/c1-13(2,3)11-14-15-12(18-11)19-8-7-16-9-10-5-4-6-17-10/h10H,4-9H2,1-3H3/t10-/m0/s1. The van der Waals surface area contributed by atoms with Crippen LogP contribution in [0.5, 0.6) is 0 Å². The third-order valence-electron chi connectivity index (χ3n) is 2.83. The number of hydrogen-bond donors (Lipinski definition) is 0. The first-order valence-corrected chi connectivity index (χ1v) is 7.70. The minimum absolute atomic E-state index is 0.0951. The summed E-state index contributed by atoms with van der Waals surface area (Å²) in [5.41, 5.74) is -0.0951. The highest BCUT2D eigenvalue weighted by molar-refractivity contribution is 7.99. The molecule has 19 heavy (non-hydrogen) atoms. The Kier molecular flexibility index (Phi) is 5.24. The summed E-state index contributed by atoms with van der Waals surface area (Å²) in [6, 6.07) is 0. The maximum Gasteiger partial charge on any atom is 0.276 e. The lowest BCUT2D eigenvalue weighted by Crippen LogP contribution is -2.15. The van der Waals surface area contributed by atoms with Gasteiger partial charge in [-0.15, -0.1) is 10.2 Å². The molecule has 0 spiro atoms. The van der Waals surface area contributed by atoms with Crippen molar-refractivity contribution >= 4 is 11.8 Å². The fourth-order valence-electron chi connectivity index (χ4n) is 1.75. The highest BCUT2D eigenvalue weighted by Gasteiger charge is 2.21. The first-order valence-electron chi connectivity index (χ1n) is 6.72. The average Bonchev–Trinajstić information content (AvgIpc) is 2.97. The summed E-state index contributed by atoms with van der Waals surface area (Å²) >= 11 is 1.53. The molecule has 0 aliphatic carbocycles. The molecule has 108 valence electrons. The highest BCUT2D eigenvalue weighted by Crippen LogP contribution is 2.24. The molecule has 1 aliphatic heterocycles. The van der Waals surface area contributed by atoms with E-state index in [4.69, 9.17) is 13.9 Å². The van der Waals surface area contributed by atoms with Gasteiger partial charge in [0.25, 0.3) is 5.22 Å². The van der Waals surface area contributed by atoms with Crippen molar-refractivity contribution in [3.8, 4) is 0 Å². The Morgan fingerprint density at radius 1 is 1.37 bits per heavy atom. The van der Waals surface area contributed by atoms with Crippen molar-refractivity contribution in [2.24, 2.45) is 0 Å². The summed E-state index contributed by atoms with van der Waals surface area (Å²) in [7, 11) is 0. The van der Waals surface area contributed by atoms with Gasteiger partial charge >= 0.3 is 0 Å². The number of rotatable bonds is 6. The molecule has 0 aromatic carbocycles. The highest BCUT2D eigenvalue weighted by atomic mass is 32.2. The SMILES string of the molecule is CC(C)(C)c1nnc(SCCOC[C@@H]2CCCO2)o1. The van der Waals surface area contributed by atoms with Gasteiger partial charge in [0.1, 0.15) is 0 Å². The molecule has 2 heterocycles. The van der Waals surface area contributed by atoms with Crippen molar-refractivity contribution in [1.82, 2.24) is 10.2 Å². The van der Waals surface area contributed by atoms with Crippen LogP contribution in [0.3, 0.4) is 0 Å². The first kappa shape index (κ1) is 14.8. The lowest BCUT2D eigenvalue weighted by atomic mass is 9.97. The average molecular weight is 286 g/mol. The van der Waals surface area contributed by atoms with Gasteiger partial charge in [-0.2, -0.15) is 0 Å². The summed E-state index contributed by atoms with van der Waals surface area (Å²) in [4.78, 5) is 0. The predicted molar refractivity (Wildman–Crippen MR) is 73.5 cm³/mol. The van der Waals surface area contributed by atoms with Crippen LogP contribution < -0.4 is 0 Å². The van der Waals surface area contributed by atoms with Gasteiger partial charge in [0.2, 0.25) is 5.89 Å². The van der Waals surface area contributed by atoms with E-state index < -0.39 is 0 Å². The Balaban J connectivity index is 1.61. The van der Waals surface area contributed by atoms with Crippen LogP contribution in [0.2, 0.25) is 0 Å². The van der Waals surface area contributed by atoms with E-state index in [0.29, 0.717) is 30.4 Å². The summed E-state index contributed by atoms with van der Waals surface area (Å²) in [5.74, 6) is 1.49. The largest absolute Gasteiger partial charge is 0.415 e. The zero-order chi connectivity index (χ0) is 13.7. The van der Waals surface area contributed by atoms with E-state index in [1.165, 1.54) is 11.8 Å². The molecule has 1 saturated heterocycles. The Labute approximate surface area is 118 Å². The normalized spacial score (nSPS) is 20.1. The molecule has 0 N–H and O–H groups in total. The molecular formula is C13H22N2O3S. The Bertz CT molecular complexity index is 383. The van der Waals surface area contributed by atoms with Gasteiger partial charge in [0.05, 0.1) is 19.3 Å². The van der Waals surface area contributed by atoms with Crippen molar-refractivity contribution in [1.29, 1.82) is 0 Å². The van der Waals surface area contributed by atoms with Crippen LogP contribution in [0.25, 0.3) is 0 Å². The summed E-state index contributed by atoms with van der Waals surface area (Å²) in [5, 5.41) is 8.69. The molecule has 1 aliphatic rings. The van der Waals surface area contributed by atoms with Crippen LogP contribution in [0.1, 0.15) is 39.5 Å². The number of ether oxygens (including phenoxy) is 2. The molecule has 5 nitrogen and oxygen atoms in total. The van der Waals surface area contributed by atoms with Gasteiger partial charge in [0.15, 0.2) is 0 Å². The van der Waals surface area contributed by atoms with Gasteiger partial charge in [-0.1, -0.05) is 32.5 Å². The van der Waals surface area contributed by atoms with Crippen LogP contribution in [-0.4, -0.2) is 41.9 Å². The van der Waals surface area contributed by atoms with Crippen molar-refractivity contribution in [2.45, 2.75) is 50.4 Å². The third-order valence-corrected chi connectivity index (χ3v) is 3.61. The van der Waals surface area contributed by atoms with Gasteiger partial charge in [-0.05, 0) is 12.8 Å². The number of thioether (sulfide) groups is 1. The Morgan fingerprint density at radius 3 is 2.84 bits per heavy atom. The van der Waals surface area contributed by atoms with Crippen molar-refractivity contribution in [3.05, 3.63) is 5.89 Å². The van der Waals surface area contributed by atoms with Crippen LogP contribution in [0.15, 0.2) is 9.64 Å². The number of nitrogens with zero attached hydrogens (tertiary/aromatic N) is 2. The van der Waals surface area contributed by atoms with Crippen LogP contribution >= 0.6 is 11.8 Å². The van der Waals surface area contributed by atoms with E-state index in [1.807, 2.05) is 0 Å². The van der Waals surface area contributed by atoms with Crippen molar-refractivity contribution in [3.63, 3.8) is 0 Å². The van der Waals surface area contributed by atoms with Gasteiger partial charge in [-0.3, -0.25) is 0 Å². The van der Waals surface area contributed by atoms with Crippen LogP contribution in [0, 0.1) is 0 Å². The molecule has 0 unspecified atom stereocenters. The quantitative estimate of drug-likeness (QED) is 0.592. The minimum Gasteiger partial charge on any atom is -0.415 e. The topological polar surface area (TPSA) is 57.4 Å². The predicted octanol–water partition coefficient (Wildman–Crippen LogP) is 2.65. The van der Waals surface area contributed by atoms with E-state index in [1.54, 1.807) is 0 Å². The zero-order valence-electron chi connectivity index (χ0n) is 11.8. The number of hydrogen-bond acceptors (Lipinski definition) is 6. The smallest absolute Gasteiger partial charge is 0.276 e. The monoisotopic (exact) mass is 286 g/mol. The molecular weight excluding hydrogens is 264 g/mol. The van der Waals surface area contributed by atoms with Gasteiger partial charge in [0, 0.05) is 17.8 Å². The van der Waals surface area contributed by atoms with Crippen molar-refractivity contribution in [2.75, 3.05) is 25.6 Å². The van der Waals surface area contributed by atoms with Gasteiger partial charge in [-0.25, -0.2) is 0 Å². The fraction of sp³-hybridized carbons (Fsp3) is 0.846. The summed E-state index contributed by atoms with van der Waals surface area (Å²) < 4.78 is 16.7. The second kappa shape index (κ2) is 6.72. The summed E-state index contributed by atoms with van der Waals surface area (Å²) in [6.45, 7) is 8.41. The van der Waals surface area contributed by atoms with E-state index in [-0.39, 0.29) is 5.41 Å². The lowest BCUT2D eigenvalue weighted by Gasteiger charge is -2.11. The molecule has 6 heteroatoms. The second-order valence-corrected chi connectivity index (χ2v) is 6.73. The van der Waals surface area contributed by atoms with E-state index >= 15 is 0 Å². The van der Waals surface area contributed by atoms with Crippen LogP contribution in [0.4, 0.5) is 0 Å². The molecule has 1 atom stereocenters. The maximum absolute atomic E-state index is 5.59. The van der Waals surface area contributed by atoms with E-state index in [0.717, 1.165) is 25.2 Å². The van der Waals surface area contributed by atoms with Crippen LogP contribution in [-0.2, 0) is 14.9 Å². The first-order chi connectivity index (χ1) is 9.05. The van der Waals surface area contributed by atoms with Gasteiger partial charge < -0.3 is 13.9 Å². The number of aromatic nitrogens is 2. The maximum atomic E-state index is 5.59. The molecule has 0 saturated carbocycles. The molecule has 2 rings (SSSR count). The fourth-order valence-corrected chi connectivity index (χ4v) is 2.36. The molecule has 1 fully saturated rings. The second-order valence-electron chi connectivity index (χ2n) is 5.68. The van der Waals surface area contributed by atoms with Crippen molar-refractivity contribution < 1.29 is 13.9 Å². The Hall–Kier alpha value is -0.590. The molecule has 0 amide bonds. The van der Waals surface area contributed by atoms with E-state index in [9.17, 15) is 0 Å². The summed E-state index contributed by atoms with van der Waals surface area (Å²) in [6.07, 6.45) is 2.56. The molecule has 1 aromatic heterocycles. The Morgan fingerprint density at radius 2 is 2.21 bits per heavy atom. The minimum atomic E-state index is -0.0951. The molecule has 0 bridgehead atoms. The van der Waals surface area contributed by atoms with E-state index in [2.05, 4.69) is 31.0 Å². The lowest BCUT2D eigenvalue weighted by molar-refractivity contribution is 0.0225.